The standard InChI is InChI=1S/C23H27F3N6O2/c1-15-13-16(2)32(28-15)8-7-20(33)31-11-9-30(10-12-31)17(3)22-27-21(29-34-22)18-5-4-6-19(14-18)23(24,25)26/h4-6,13-14,17H,7-12H2,1-3H3. The van der Waals surface area contributed by atoms with Crippen molar-refractivity contribution in [1.82, 2.24) is 29.7 Å². The third kappa shape index (κ3) is 5.30. The number of nitrogens with zero attached hydrogens (tertiary/aromatic N) is 6. The lowest BCUT2D eigenvalue weighted by atomic mass is 10.1. The molecule has 1 unspecified atom stereocenters. The van der Waals surface area contributed by atoms with E-state index in [1.54, 1.807) is 0 Å². The maximum atomic E-state index is 13.0. The van der Waals surface area contributed by atoms with Crippen LogP contribution in [0.4, 0.5) is 13.2 Å². The second kappa shape index (κ2) is 9.57. The van der Waals surface area contributed by atoms with Crippen LogP contribution in [0.15, 0.2) is 34.9 Å². The smallest absolute Gasteiger partial charge is 0.340 e. The highest BCUT2D eigenvalue weighted by molar-refractivity contribution is 5.76. The Hall–Kier alpha value is -3.21. The van der Waals surface area contributed by atoms with E-state index in [4.69, 9.17) is 4.52 Å². The van der Waals surface area contributed by atoms with Gasteiger partial charge in [0.15, 0.2) is 0 Å². The molecule has 1 aliphatic rings. The van der Waals surface area contributed by atoms with Gasteiger partial charge in [-0.2, -0.15) is 23.3 Å². The number of hydrogen-bond donors (Lipinski definition) is 0. The SMILES string of the molecule is Cc1cc(C)n(CCC(=O)N2CCN(C(C)c3nc(-c4cccc(C(F)(F)F)c4)no3)CC2)n1. The van der Waals surface area contributed by atoms with Crippen molar-refractivity contribution in [3.63, 3.8) is 0 Å². The lowest BCUT2D eigenvalue weighted by molar-refractivity contribution is -0.137. The van der Waals surface area contributed by atoms with Gasteiger partial charge in [0.05, 0.1) is 17.3 Å². The number of rotatable bonds is 6. The molecule has 0 radical (unpaired) electrons. The first-order valence-electron chi connectivity index (χ1n) is 11.2. The molecule has 1 aromatic carbocycles. The maximum Gasteiger partial charge on any atom is 0.416 e. The first-order valence-corrected chi connectivity index (χ1v) is 11.2. The average Bonchev–Trinajstić information content (AvgIpc) is 3.43. The van der Waals surface area contributed by atoms with Crippen molar-refractivity contribution >= 4 is 5.91 Å². The Kier molecular flexibility index (Phi) is 6.74. The van der Waals surface area contributed by atoms with Crippen molar-refractivity contribution in [2.24, 2.45) is 0 Å². The number of piperazine rings is 1. The van der Waals surface area contributed by atoms with Crippen LogP contribution in [0.5, 0.6) is 0 Å². The molecule has 0 bridgehead atoms. The number of halogens is 3. The minimum Gasteiger partial charge on any atom is -0.340 e. The Bertz CT molecular complexity index is 1150. The number of hydrogen-bond acceptors (Lipinski definition) is 6. The Morgan fingerprint density at radius 2 is 1.88 bits per heavy atom. The molecule has 1 fully saturated rings. The third-order valence-corrected chi connectivity index (χ3v) is 6.10. The summed E-state index contributed by atoms with van der Waals surface area (Å²) in [5.74, 6) is 0.534. The molecule has 3 aromatic rings. The van der Waals surface area contributed by atoms with Crippen LogP contribution in [0.2, 0.25) is 0 Å². The second-order valence-electron chi connectivity index (χ2n) is 8.53. The van der Waals surface area contributed by atoms with E-state index >= 15 is 0 Å². The van der Waals surface area contributed by atoms with Gasteiger partial charge in [-0.15, -0.1) is 0 Å². The summed E-state index contributed by atoms with van der Waals surface area (Å²) in [7, 11) is 0. The van der Waals surface area contributed by atoms with Crippen LogP contribution < -0.4 is 0 Å². The van der Waals surface area contributed by atoms with Gasteiger partial charge in [-0.3, -0.25) is 14.4 Å². The van der Waals surface area contributed by atoms with Gasteiger partial charge in [0, 0.05) is 50.4 Å². The lowest BCUT2D eigenvalue weighted by Gasteiger charge is -2.36. The first-order chi connectivity index (χ1) is 16.1. The van der Waals surface area contributed by atoms with Crippen LogP contribution >= 0.6 is 0 Å². The minimum absolute atomic E-state index is 0.0875. The summed E-state index contributed by atoms with van der Waals surface area (Å²) in [5, 5.41) is 8.27. The van der Waals surface area contributed by atoms with E-state index in [-0.39, 0.29) is 23.3 Å². The molecular weight excluding hydrogens is 449 g/mol. The molecule has 11 heteroatoms. The van der Waals surface area contributed by atoms with Gasteiger partial charge in [-0.05, 0) is 39.0 Å². The van der Waals surface area contributed by atoms with Crippen molar-refractivity contribution in [3.05, 3.63) is 53.2 Å². The molecule has 182 valence electrons. The van der Waals surface area contributed by atoms with E-state index in [0.29, 0.717) is 45.0 Å². The monoisotopic (exact) mass is 476 g/mol. The van der Waals surface area contributed by atoms with E-state index in [2.05, 4.69) is 20.1 Å². The van der Waals surface area contributed by atoms with Crippen LogP contribution in [0.25, 0.3) is 11.4 Å². The zero-order chi connectivity index (χ0) is 24.5. The Balaban J connectivity index is 1.32. The molecule has 0 spiro atoms. The molecule has 2 aromatic heterocycles. The molecule has 4 rings (SSSR count). The van der Waals surface area contributed by atoms with Crippen molar-refractivity contribution in [2.45, 2.75) is 46.0 Å². The van der Waals surface area contributed by atoms with Gasteiger partial charge in [0.1, 0.15) is 0 Å². The summed E-state index contributed by atoms with van der Waals surface area (Å²) in [4.78, 5) is 20.9. The summed E-state index contributed by atoms with van der Waals surface area (Å²) in [6, 6.07) is 6.62. The molecule has 1 aliphatic heterocycles. The van der Waals surface area contributed by atoms with Gasteiger partial charge < -0.3 is 9.42 Å². The number of carbonyl (C=O) groups excluding carboxylic acids is 1. The zero-order valence-corrected chi connectivity index (χ0v) is 19.3. The molecule has 0 aliphatic carbocycles. The summed E-state index contributed by atoms with van der Waals surface area (Å²) in [6.45, 7) is 8.78. The van der Waals surface area contributed by atoms with Gasteiger partial charge >= 0.3 is 6.18 Å². The van der Waals surface area contributed by atoms with Crippen molar-refractivity contribution in [2.75, 3.05) is 26.2 Å². The molecule has 34 heavy (non-hydrogen) atoms. The fourth-order valence-corrected chi connectivity index (χ4v) is 4.13. The van der Waals surface area contributed by atoms with Gasteiger partial charge in [-0.25, -0.2) is 0 Å². The summed E-state index contributed by atoms with van der Waals surface area (Å²) >= 11 is 0. The van der Waals surface area contributed by atoms with E-state index < -0.39 is 11.7 Å². The molecule has 3 heterocycles. The molecule has 1 saturated heterocycles. The topological polar surface area (TPSA) is 80.3 Å². The lowest BCUT2D eigenvalue weighted by Crippen LogP contribution is -2.49. The van der Waals surface area contributed by atoms with Crippen LogP contribution in [-0.4, -0.2) is 61.8 Å². The van der Waals surface area contributed by atoms with Crippen LogP contribution in [0.3, 0.4) is 0 Å². The van der Waals surface area contributed by atoms with Crippen LogP contribution in [0, 0.1) is 13.8 Å². The van der Waals surface area contributed by atoms with Crippen LogP contribution in [0.1, 0.15) is 42.2 Å². The molecular formula is C23H27F3N6O2. The number of aryl methyl sites for hydroxylation is 3. The van der Waals surface area contributed by atoms with E-state index in [9.17, 15) is 18.0 Å². The van der Waals surface area contributed by atoms with Crippen molar-refractivity contribution in [1.29, 1.82) is 0 Å². The number of amides is 1. The van der Waals surface area contributed by atoms with E-state index in [1.807, 2.05) is 36.4 Å². The normalized spacial score (nSPS) is 16.1. The average molecular weight is 477 g/mol. The Morgan fingerprint density at radius 3 is 2.53 bits per heavy atom. The van der Waals surface area contributed by atoms with Gasteiger partial charge in [0.25, 0.3) is 0 Å². The van der Waals surface area contributed by atoms with E-state index in [0.717, 1.165) is 23.5 Å². The number of carbonyl (C=O) groups is 1. The zero-order valence-electron chi connectivity index (χ0n) is 19.3. The fourth-order valence-electron chi connectivity index (χ4n) is 4.13. The molecule has 8 nitrogen and oxygen atoms in total. The number of alkyl halides is 3. The Labute approximate surface area is 195 Å². The summed E-state index contributed by atoms with van der Waals surface area (Å²) in [6.07, 6.45) is -4.05. The fraction of sp³-hybridized carbons (Fsp3) is 0.478. The van der Waals surface area contributed by atoms with Crippen molar-refractivity contribution < 1.29 is 22.5 Å². The second-order valence-corrected chi connectivity index (χ2v) is 8.53. The molecule has 1 amide bonds. The maximum absolute atomic E-state index is 13.0. The summed E-state index contributed by atoms with van der Waals surface area (Å²) < 4.78 is 46.2. The molecule has 0 saturated carbocycles. The van der Waals surface area contributed by atoms with E-state index in [1.165, 1.54) is 12.1 Å². The Morgan fingerprint density at radius 1 is 1.15 bits per heavy atom. The predicted octanol–water partition coefficient (Wildman–Crippen LogP) is 3.86. The quantitative estimate of drug-likeness (QED) is 0.538. The van der Waals surface area contributed by atoms with Gasteiger partial charge in [-0.1, -0.05) is 17.3 Å². The largest absolute Gasteiger partial charge is 0.416 e. The van der Waals surface area contributed by atoms with Gasteiger partial charge in [0.2, 0.25) is 17.6 Å². The highest BCUT2D eigenvalue weighted by Gasteiger charge is 2.31. The van der Waals surface area contributed by atoms with Crippen molar-refractivity contribution in [3.8, 4) is 11.4 Å². The third-order valence-electron chi connectivity index (χ3n) is 6.10. The predicted molar refractivity (Wildman–Crippen MR) is 118 cm³/mol. The minimum atomic E-state index is -4.44. The molecule has 1 atom stereocenters. The highest BCUT2D eigenvalue weighted by Crippen LogP contribution is 2.32. The summed E-state index contributed by atoms with van der Waals surface area (Å²) in [5.41, 5.74) is 1.45. The number of benzene rings is 1. The molecule has 0 N–H and O–H groups in total. The highest BCUT2D eigenvalue weighted by atomic mass is 19.4. The number of aromatic nitrogens is 4. The first kappa shape index (κ1) is 23.9. The van der Waals surface area contributed by atoms with Crippen LogP contribution in [-0.2, 0) is 17.5 Å².